The summed E-state index contributed by atoms with van der Waals surface area (Å²) >= 11 is 0. The maximum atomic E-state index is 12.5. The molecule has 0 amide bonds. The topological polar surface area (TPSA) is 99.0 Å². The van der Waals surface area contributed by atoms with E-state index in [1.165, 1.54) is 0 Å². The van der Waals surface area contributed by atoms with E-state index in [4.69, 9.17) is 4.74 Å². The number of phenolic OH excluding ortho intramolecular Hbond substituents is 1. The summed E-state index contributed by atoms with van der Waals surface area (Å²) in [4.78, 5) is 12.5. The van der Waals surface area contributed by atoms with Gasteiger partial charge in [-0.3, -0.25) is 4.79 Å². The van der Waals surface area contributed by atoms with Gasteiger partial charge in [-0.15, -0.1) is 0 Å². The lowest BCUT2D eigenvalue weighted by atomic mass is 9.48. The highest BCUT2D eigenvalue weighted by Gasteiger charge is 2.74. The van der Waals surface area contributed by atoms with Crippen LogP contribution in [-0.4, -0.2) is 51.5 Å². The minimum absolute atomic E-state index is 0.0100. The van der Waals surface area contributed by atoms with Crippen molar-refractivity contribution < 1.29 is 24.9 Å². The van der Waals surface area contributed by atoms with Crippen LogP contribution in [0.25, 0.3) is 0 Å². The number of aliphatic hydroxyl groups is 2. The van der Waals surface area contributed by atoms with Crippen molar-refractivity contribution in [3.63, 3.8) is 0 Å². The smallest absolute Gasteiger partial charge is 0.177 e. The number of aliphatic hydroxyl groups excluding tert-OH is 1. The van der Waals surface area contributed by atoms with Crippen molar-refractivity contribution in [2.45, 2.75) is 48.5 Å². The predicted molar refractivity (Wildman–Crippen MR) is 74.9 cm³/mol. The molecular formula is C16H17NO5. The van der Waals surface area contributed by atoms with Crippen molar-refractivity contribution in [2.24, 2.45) is 0 Å². The molecule has 1 aromatic rings. The third-order valence-corrected chi connectivity index (χ3v) is 6.13. The Bertz CT molecular complexity index is 719. The van der Waals surface area contributed by atoms with E-state index in [0.717, 1.165) is 11.1 Å². The van der Waals surface area contributed by atoms with Crippen LogP contribution in [0, 0.1) is 0 Å². The molecule has 5 atom stereocenters. The van der Waals surface area contributed by atoms with E-state index >= 15 is 0 Å². The lowest BCUT2D eigenvalue weighted by Gasteiger charge is -2.61. The number of piperidine rings is 1. The summed E-state index contributed by atoms with van der Waals surface area (Å²) in [5, 5.41) is 35.4. The standard InChI is InChI=1S/C16H17NO5/c18-8-2-1-7-5-10-16(21)11(20)6-9(19)14-15(16,3-4-17-10)12(7)13(8)22-14/h1-2,10-11,14,17-18,20-21H,3-6H2/t10-,11?,14+,15+,16+/m1/s1. The van der Waals surface area contributed by atoms with Gasteiger partial charge in [-0.05, 0) is 31.0 Å². The van der Waals surface area contributed by atoms with Gasteiger partial charge in [-0.1, -0.05) is 6.07 Å². The number of Topliss-reactive ketones (excluding diaryl/α,β-unsaturated/α-hetero) is 1. The Morgan fingerprint density at radius 2 is 2.14 bits per heavy atom. The molecule has 5 rings (SSSR count). The lowest BCUT2D eigenvalue weighted by molar-refractivity contribution is -0.206. The first-order valence-electron chi connectivity index (χ1n) is 7.68. The van der Waals surface area contributed by atoms with Crippen LogP contribution in [0.5, 0.6) is 11.5 Å². The average molecular weight is 303 g/mol. The average Bonchev–Trinajstić information content (AvgIpc) is 2.81. The largest absolute Gasteiger partial charge is 0.504 e. The zero-order valence-corrected chi connectivity index (χ0v) is 11.9. The zero-order valence-electron chi connectivity index (χ0n) is 11.9. The van der Waals surface area contributed by atoms with Crippen LogP contribution >= 0.6 is 0 Å². The Morgan fingerprint density at radius 1 is 1.32 bits per heavy atom. The van der Waals surface area contributed by atoms with E-state index in [1.807, 2.05) is 6.07 Å². The van der Waals surface area contributed by atoms with Crippen LogP contribution in [0.4, 0.5) is 0 Å². The number of aromatic hydroxyl groups is 1. The number of hydrogen-bond acceptors (Lipinski definition) is 6. The summed E-state index contributed by atoms with van der Waals surface area (Å²) in [6.07, 6.45) is -1.03. The maximum absolute atomic E-state index is 12.5. The van der Waals surface area contributed by atoms with Crippen LogP contribution in [0.2, 0.25) is 0 Å². The van der Waals surface area contributed by atoms with Crippen molar-refractivity contribution in [3.8, 4) is 11.5 Å². The van der Waals surface area contributed by atoms with E-state index in [-0.39, 0.29) is 24.0 Å². The minimum Gasteiger partial charge on any atom is -0.504 e. The molecule has 2 aliphatic carbocycles. The molecule has 2 heterocycles. The Labute approximate surface area is 126 Å². The molecular weight excluding hydrogens is 286 g/mol. The molecule has 22 heavy (non-hydrogen) atoms. The highest BCUT2D eigenvalue weighted by atomic mass is 16.5. The van der Waals surface area contributed by atoms with E-state index in [1.54, 1.807) is 6.07 Å². The van der Waals surface area contributed by atoms with Gasteiger partial charge in [0.2, 0.25) is 0 Å². The van der Waals surface area contributed by atoms with E-state index in [2.05, 4.69) is 5.32 Å². The number of carbonyl (C=O) groups is 1. The van der Waals surface area contributed by atoms with E-state index in [0.29, 0.717) is 25.1 Å². The number of rotatable bonds is 0. The maximum Gasteiger partial charge on any atom is 0.177 e. The Morgan fingerprint density at radius 3 is 2.95 bits per heavy atom. The summed E-state index contributed by atoms with van der Waals surface area (Å²) in [6.45, 7) is 0.640. The molecule has 4 aliphatic rings. The Hall–Kier alpha value is -1.63. The van der Waals surface area contributed by atoms with Gasteiger partial charge in [-0.2, -0.15) is 0 Å². The molecule has 116 valence electrons. The molecule has 6 heteroatoms. The summed E-state index contributed by atoms with van der Waals surface area (Å²) in [6, 6.07) is 3.08. The number of benzene rings is 1. The van der Waals surface area contributed by atoms with Crippen molar-refractivity contribution in [3.05, 3.63) is 23.3 Å². The number of ether oxygens (including phenoxy) is 1. The fourth-order valence-electron chi connectivity index (χ4n) is 5.29. The molecule has 0 radical (unpaired) electrons. The molecule has 1 saturated carbocycles. The molecule has 2 aliphatic heterocycles. The molecule has 1 spiro atoms. The van der Waals surface area contributed by atoms with Crippen molar-refractivity contribution >= 4 is 5.78 Å². The van der Waals surface area contributed by atoms with Gasteiger partial charge >= 0.3 is 0 Å². The predicted octanol–water partition coefficient (Wildman–Crippen LogP) is -0.626. The van der Waals surface area contributed by atoms with Crippen LogP contribution in [0.3, 0.4) is 0 Å². The lowest BCUT2D eigenvalue weighted by Crippen LogP contribution is -2.80. The summed E-state index contributed by atoms with van der Waals surface area (Å²) < 4.78 is 5.84. The summed E-state index contributed by atoms with van der Waals surface area (Å²) in [5.41, 5.74) is -0.709. The Kier molecular flexibility index (Phi) is 2.13. The van der Waals surface area contributed by atoms with Crippen molar-refractivity contribution in [1.82, 2.24) is 5.32 Å². The first-order valence-corrected chi connectivity index (χ1v) is 7.68. The SMILES string of the molecule is O=C1CC(O)[C@@]2(O)[C@H]3Cc4ccc(O)c5c4[C@@]2(CCN3)[C@H]1O5. The fourth-order valence-corrected chi connectivity index (χ4v) is 5.29. The van der Waals surface area contributed by atoms with Gasteiger partial charge in [0.25, 0.3) is 0 Å². The van der Waals surface area contributed by atoms with Crippen molar-refractivity contribution in [2.75, 3.05) is 6.54 Å². The molecule has 0 aromatic heterocycles. The van der Waals surface area contributed by atoms with Gasteiger partial charge in [0.15, 0.2) is 23.4 Å². The number of nitrogens with one attached hydrogen (secondary N) is 1. The van der Waals surface area contributed by atoms with Gasteiger partial charge in [0.05, 0.1) is 11.5 Å². The second kappa shape index (κ2) is 3.64. The van der Waals surface area contributed by atoms with E-state index < -0.39 is 23.2 Å². The molecule has 1 saturated heterocycles. The molecule has 1 aromatic carbocycles. The van der Waals surface area contributed by atoms with E-state index in [9.17, 15) is 20.1 Å². The third kappa shape index (κ3) is 1.09. The Balaban J connectivity index is 1.90. The van der Waals surface area contributed by atoms with Crippen LogP contribution < -0.4 is 10.1 Å². The molecule has 2 bridgehead atoms. The normalized spacial score (nSPS) is 44.5. The van der Waals surface area contributed by atoms with Gasteiger partial charge in [0.1, 0.15) is 5.60 Å². The minimum atomic E-state index is -1.45. The van der Waals surface area contributed by atoms with Crippen LogP contribution in [-0.2, 0) is 16.6 Å². The first kappa shape index (κ1) is 12.9. The monoisotopic (exact) mass is 303 g/mol. The summed E-state index contributed by atoms with van der Waals surface area (Å²) in [7, 11) is 0. The molecule has 6 nitrogen and oxygen atoms in total. The molecule has 4 N–H and O–H groups in total. The highest BCUT2D eigenvalue weighted by Crippen LogP contribution is 2.63. The van der Waals surface area contributed by atoms with Gasteiger partial charge < -0.3 is 25.4 Å². The van der Waals surface area contributed by atoms with Crippen LogP contribution in [0.15, 0.2) is 12.1 Å². The third-order valence-electron chi connectivity index (χ3n) is 6.13. The van der Waals surface area contributed by atoms with Gasteiger partial charge in [-0.25, -0.2) is 0 Å². The second-order valence-corrected chi connectivity index (χ2v) is 6.89. The second-order valence-electron chi connectivity index (χ2n) is 6.89. The number of hydrogen-bond donors (Lipinski definition) is 4. The quantitative estimate of drug-likeness (QED) is 0.509. The molecule has 1 unspecified atom stereocenters. The fraction of sp³-hybridized carbons (Fsp3) is 0.562. The van der Waals surface area contributed by atoms with Gasteiger partial charge in [0, 0.05) is 18.0 Å². The van der Waals surface area contributed by atoms with Crippen molar-refractivity contribution in [1.29, 1.82) is 0 Å². The highest BCUT2D eigenvalue weighted by molar-refractivity contribution is 5.90. The van der Waals surface area contributed by atoms with Crippen LogP contribution in [0.1, 0.15) is 24.0 Å². The zero-order chi connectivity index (χ0) is 15.3. The summed E-state index contributed by atoms with van der Waals surface area (Å²) in [5.74, 6) is 0.0918. The number of carbonyl (C=O) groups excluding carboxylic acids is 1. The molecule has 2 fully saturated rings. The first-order chi connectivity index (χ1) is 10.5. The number of ketones is 1. The number of phenols is 1.